The predicted octanol–water partition coefficient (Wildman–Crippen LogP) is 5.14. The summed E-state index contributed by atoms with van der Waals surface area (Å²) in [5.41, 5.74) is 0.397. The highest BCUT2D eigenvalue weighted by Crippen LogP contribution is 2.33. The molecule has 0 amide bonds. The van der Waals surface area contributed by atoms with E-state index >= 15 is 0 Å². The van der Waals surface area contributed by atoms with E-state index < -0.39 is 4.92 Å². The van der Waals surface area contributed by atoms with Crippen LogP contribution in [0.1, 0.15) is 17.8 Å². The Morgan fingerprint density at radius 1 is 1.32 bits per heavy atom. The van der Waals surface area contributed by atoms with Crippen LogP contribution in [0.2, 0.25) is 9.36 Å². The van der Waals surface area contributed by atoms with E-state index in [0.29, 0.717) is 15.0 Å². The van der Waals surface area contributed by atoms with Gasteiger partial charge in [-0.2, -0.15) is 0 Å². The summed E-state index contributed by atoms with van der Waals surface area (Å²) in [4.78, 5) is 11.5. The van der Waals surface area contributed by atoms with E-state index in [9.17, 15) is 10.1 Å². The first-order valence-corrected chi connectivity index (χ1v) is 7.00. The van der Waals surface area contributed by atoms with Crippen molar-refractivity contribution in [2.24, 2.45) is 0 Å². The van der Waals surface area contributed by atoms with Crippen molar-refractivity contribution in [1.29, 1.82) is 0 Å². The first kappa shape index (κ1) is 14.1. The molecular formula is C12H10Cl2N2O2S. The van der Waals surface area contributed by atoms with Gasteiger partial charge in [-0.05, 0) is 31.2 Å². The van der Waals surface area contributed by atoms with Crippen LogP contribution in [0, 0.1) is 10.1 Å². The lowest BCUT2D eigenvalue weighted by Crippen LogP contribution is -2.06. The second-order valence-electron chi connectivity index (χ2n) is 3.93. The third kappa shape index (κ3) is 3.37. The summed E-state index contributed by atoms with van der Waals surface area (Å²) in [5, 5.41) is 14.4. The second-order valence-corrected chi connectivity index (χ2v) is 6.11. The van der Waals surface area contributed by atoms with Crippen LogP contribution in [-0.2, 0) is 0 Å². The first-order chi connectivity index (χ1) is 8.97. The number of nitrogens with one attached hydrogen (secondary N) is 1. The van der Waals surface area contributed by atoms with Crippen molar-refractivity contribution in [2.75, 3.05) is 5.32 Å². The summed E-state index contributed by atoms with van der Waals surface area (Å²) in [7, 11) is 0. The Morgan fingerprint density at radius 2 is 2.05 bits per heavy atom. The molecule has 0 fully saturated rings. The van der Waals surface area contributed by atoms with Gasteiger partial charge in [0, 0.05) is 16.0 Å². The summed E-state index contributed by atoms with van der Waals surface area (Å²) in [6, 6.07) is 8.18. The fourth-order valence-corrected chi connectivity index (χ4v) is 2.87. The fraction of sp³-hybridized carbons (Fsp3) is 0.167. The molecule has 1 heterocycles. The van der Waals surface area contributed by atoms with E-state index in [-0.39, 0.29) is 11.7 Å². The van der Waals surface area contributed by atoms with Crippen LogP contribution >= 0.6 is 34.5 Å². The van der Waals surface area contributed by atoms with Gasteiger partial charge < -0.3 is 5.32 Å². The third-order valence-corrected chi connectivity index (χ3v) is 4.20. The quantitative estimate of drug-likeness (QED) is 0.628. The molecule has 7 heteroatoms. The summed E-state index contributed by atoms with van der Waals surface area (Å²) in [6.07, 6.45) is 0. The zero-order valence-electron chi connectivity index (χ0n) is 9.89. The van der Waals surface area contributed by atoms with Gasteiger partial charge >= 0.3 is 0 Å². The molecule has 1 aromatic carbocycles. The van der Waals surface area contributed by atoms with Crippen LogP contribution < -0.4 is 5.32 Å². The highest BCUT2D eigenvalue weighted by atomic mass is 35.5. The molecule has 4 nitrogen and oxygen atoms in total. The Balaban J connectivity index is 2.26. The lowest BCUT2D eigenvalue weighted by atomic mass is 10.2. The van der Waals surface area contributed by atoms with Crippen molar-refractivity contribution in [1.82, 2.24) is 0 Å². The number of hydrogen-bond donors (Lipinski definition) is 1. The molecule has 1 N–H and O–H groups in total. The smallest absolute Gasteiger partial charge is 0.293 e. The average Bonchev–Trinajstić information content (AvgIpc) is 2.78. The molecule has 0 aliphatic rings. The first-order valence-electron chi connectivity index (χ1n) is 5.43. The number of nitrogens with zero attached hydrogens (tertiary/aromatic N) is 1. The maximum Gasteiger partial charge on any atom is 0.293 e. The minimum absolute atomic E-state index is 0.0398. The van der Waals surface area contributed by atoms with Gasteiger partial charge in [0.25, 0.3) is 5.69 Å². The molecular weight excluding hydrogens is 307 g/mol. The molecule has 0 aliphatic heterocycles. The Hall–Kier alpha value is -1.30. The lowest BCUT2D eigenvalue weighted by Gasteiger charge is -2.13. The average molecular weight is 317 g/mol. The number of rotatable bonds is 4. The van der Waals surface area contributed by atoms with Crippen LogP contribution in [0.4, 0.5) is 11.4 Å². The minimum atomic E-state index is -0.456. The standard InChI is InChI=1S/C12H10Cl2N2O2S/c1-7(11-4-5-12(14)19-11)15-9-3-2-8(13)6-10(9)16(17)18/h2-7,15H,1H3. The highest BCUT2D eigenvalue weighted by molar-refractivity contribution is 7.16. The van der Waals surface area contributed by atoms with Crippen molar-refractivity contribution in [3.8, 4) is 0 Å². The molecule has 19 heavy (non-hydrogen) atoms. The molecule has 2 rings (SSSR count). The normalized spacial score (nSPS) is 12.2. The number of anilines is 1. The molecule has 0 saturated heterocycles. The van der Waals surface area contributed by atoms with E-state index in [2.05, 4.69) is 5.32 Å². The van der Waals surface area contributed by atoms with E-state index in [1.165, 1.54) is 17.4 Å². The highest BCUT2D eigenvalue weighted by Gasteiger charge is 2.17. The maximum atomic E-state index is 11.0. The molecule has 2 aromatic rings. The number of halogens is 2. The van der Waals surface area contributed by atoms with Crippen LogP contribution in [0.5, 0.6) is 0 Å². The van der Waals surface area contributed by atoms with E-state index in [4.69, 9.17) is 23.2 Å². The van der Waals surface area contributed by atoms with Crippen LogP contribution in [0.15, 0.2) is 30.3 Å². The Morgan fingerprint density at radius 3 is 2.63 bits per heavy atom. The largest absolute Gasteiger partial charge is 0.372 e. The van der Waals surface area contributed by atoms with Gasteiger partial charge in [-0.25, -0.2) is 0 Å². The van der Waals surface area contributed by atoms with E-state index in [0.717, 1.165) is 4.88 Å². The van der Waals surface area contributed by atoms with E-state index in [1.807, 2.05) is 13.0 Å². The number of thiophene rings is 1. The van der Waals surface area contributed by atoms with Crippen molar-refractivity contribution >= 4 is 45.9 Å². The van der Waals surface area contributed by atoms with E-state index in [1.54, 1.807) is 18.2 Å². The predicted molar refractivity (Wildman–Crippen MR) is 79.5 cm³/mol. The molecule has 1 atom stereocenters. The summed E-state index contributed by atoms with van der Waals surface area (Å²) in [5.74, 6) is 0. The van der Waals surface area contributed by atoms with Gasteiger partial charge in [-0.15, -0.1) is 11.3 Å². The van der Waals surface area contributed by atoms with Crippen molar-refractivity contribution in [2.45, 2.75) is 13.0 Å². The Kier molecular flexibility index (Phi) is 4.29. The molecule has 1 unspecified atom stereocenters. The number of benzene rings is 1. The third-order valence-electron chi connectivity index (χ3n) is 2.55. The fourth-order valence-electron chi connectivity index (χ4n) is 1.64. The van der Waals surface area contributed by atoms with Gasteiger partial charge in [0.2, 0.25) is 0 Å². The van der Waals surface area contributed by atoms with Gasteiger partial charge in [0.05, 0.1) is 15.3 Å². The van der Waals surface area contributed by atoms with Gasteiger partial charge in [-0.3, -0.25) is 10.1 Å². The maximum absolute atomic E-state index is 11.0. The summed E-state index contributed by atoms with van der Waals surface area (Å²) < 4.78 is 0.689. The van der Waals surface area contributed by atoms with Gasteiger partial charge in [0.15, 0.2) is 0 Å². The monoisotopic (exact) mass is 316 g/mol. The molecule has 0 spiro atoms. The van der Waals surface area contributed by atoms with Crippen molar-refractivity contribution < 1.29 is 4.92 Å². The number of hydrogen-bond acceptors (Lipinski definition) is 4. The molecule has 100 valence electrons. The number of nitro groups is 1. The lowest BCUT2D eigenvalue weighted by molar-refractivity contribution is -0.384. The summed E-state index contributed by atoms with van der Waals surface area (Å²) in [6.45, 7) is 1.92. The van der Waals surface area contributed by atoms with Gasteiger partial charge in [-0.1, -0.05) is 23.2 Å². The zero-order chi connectivity index (χ0) is 14.0. The zero-order valence-corrected chi connectivity index (χ0v) is 12.2. The SMILES string of the molecule is CC(Nc1ccc(Cl)cc1[N+](=O)[O-])c1ccc(Cl)s1. The summed E-state index contributed by atoms with van der Waals surface area (Å²) >= 11 is 13.1. The topological polar surface area (TPSA) is 55.2 Å². The second kappa shape index (κ2) is 5.77. The van der Waals surface area contributed by atoms with Crippen LogP contribution in [0.25, 0.3) is 0 Å². The van der Waals surface area contributed by atoms with Crippen molar-refractivity contribution in [3.63, 3.8) is 0 Å². The molecule has 0 aliphatic carbocycles. The number of nitro benzene ring substituents is 1. The molecule has 1 aromatic heterocycles. The molecule has 0 radical (unpaired) electrons. The van der Waals surface area contributed by atoms with Crippen LogP contribution in [-0.4, -0.2) is 4.92 Å². The Labute approximate surface area is 124 Å². The van der Waals surface area contributed by atoms with Gasteiger partial charge in [0.1, 0.15) is 5.69 Å². The molecule has 0 saturated carbocycles. The van der Waals surface area contributed by atoms with Crippen LogP contribution in [0.3, 0.4) is 0 Å². The Bertz CT molecular complexity index is 616. The van der Waals surface area contributed by atoms with Crippen molar-refractivity contribution in [3.05, 3.63) is 54.7 Å². The molecule has 0 bridgehead atoms. The minimum Gasteiger partial charge on any atom is -0.372 e.